The van der Waals surface area contributed by atoms with Crippen molar-refractivity contribution in [1.29, 1.82) is 0 Å². The van der Waals surface area contributed by atoms with Gasteiger partial charge in [-0.15, -0.1) is 0 Å². The van der Waals surface area contributed by atoms with Gasteiger partial charge in [0.2, 0.25) is 0 Å². The van der Waals surface area contributed by atoms with Crippen molar-refractivity contribution in [3.8, 4) is 0 Å². The summed E-state index contributed by atoms with van der Waals surface area (Å²) in [5.41, 5.74) is 3.12. The van der Waals surface area contributed by atoms with E-state index in [1.807, 2.05) is 25.1 Å². The molecule has 1 aliphatic rings. The van der Waals surface area contributed by atoms with Crippen molar-refractivity contribution < 1.29 is 4.79 Å². The van der Waals surface area contributed by atoms with E-state index in [-0.39, 0.29) is 5.78 Å². The largest absolute Gasteiger partial charge is 0.289 e. The van der Waals surface area contributed by atoms with Crippen LogP contribution in [0.15, 0.2) is 30.3 Å². The Kier molecular flexibility index (Phi) is 2.97. The van der Waals surface area contributed by atoms with Gasteiger partial charge in [-0.3, -0.25) is 4.79 Å². The van der Waals surface area contributed by atoms with E-state index in [0.29, 0.717) is 31.6 Å². The Bertz CT molecular complexity index is 750. The molecule has 2 aromatic rings. The molecule has 0 unspecified atom stereocenters. The van der Waals surface area contributed by atoms with Crippen LogP contribution in [0.1, 0.15) is 32.6 Å². The Hall–Kier alpha value is -1.22. The van der Waals surface area contributed by atoms with Crippen molar-refractivity contribution in [2.45, 2.75) is 6.92 Å². The highest BCUT2D eigenvalue weighted by atomic mass is 35.5. The lowest BCUT2D eigenvalue weighted by atomic mass is 9.84. The van der Waals surface area contributed by atoms with E-state index >= 15 is 0 Å². The highest BCUT2D eigenvalue weighted by Gasteiger charge is 2.31. The zero-order chi connectivity index (χ0) is 13.7. The Morgan fingerprint density at radius 3 is 2.37 bits per heavy atom. The maximum absolute atomic E-state index is 12.6. The molecule has 94 valence electrons. The van der Waals surface area contributed by atoms with Crippen LogP contribution in [0.25, 0.3) is 0 Å². The van der Waals surface area contributed by atoms with Gasteiger partial charge in [0.05, 0.1) is 20.5 Å². The third kappa shape index (κ3) is 1.75. The first-order valence-electron chi connectivity index (χ1n) is 5.69. The molecule has 0 saturated carbocycles. The van der Waals surface area contributed by atoms with Crippen LogP contribution in [0.3, 0.4) is 0 Å². The van der Waals surface area contributed by atoms with E-state index in [0.717, 1.165) is 11.1 Å². The van der Waals surface area contributed by atoms with Gasteiger partial charge in [0.1, 0.15) is 0 Å². The van der Waals surface area contributed by atoms with E-state index in [2.05, 4.69) is 0 Å². The first-order valence-corrected chi connectivity index (χ1v) is 6.86. The number of fused-ring (bicyclic) bond motifs is 2. The Labute approximate surface area is 126 Å². The van der Waals surface area contributed by atoms with Crippen molar-refractivity contribution in [2.24, 2.45) is 0 Å². The lowest BCUT2D eigenvalue weighted by molar-refractivity contribution is 0.103. The van der Waals surface area contributed by atoms with Crippen molar-refractivity contribution in [3.05, 3.63) is 68.2 Å². The van der Waals surface area contributed by atoms with Crippen LogP contribution in [-0.4, -0.2) is 10.6 Å². The quantitative estimate of drug-likeness (QED) is 0.564. The minimum atomic E-state index is -0.116. The van der Waals surface area contributed by atoms with Crippen molar-refractivity contribution in [3.63, 3.8) is 0 Å². The zero-order valence-electron chi connectivity index (χ0n) is 9.96. The second-order valence-corrected chi connectivity index (χ2v) is 5.64. The summed E-state index contributed by atoms with van der Waals surface area (Å²) in [6.07, 6.45) is 0. The van der Waals surface area contributed by atoms with Crippen molar-refractivity contribution in [2.75, 3.05) is 0 Å². The average molecular weight is 307 g/mol. The third-order valence-corrected chi connectivity index (χ3v) is 4.48. The number of hydrogen-bond donors (Lipinski definition) is 0. The molecule has 0 spiro atoms. The van der Waals surface area contributed by atoms with Gasteiger partial charge in [0.15, 0.2) is 5.78 Å². The normalized spacial score (nSPS) is 13.2. The maximum atomic E-state index is 12.6. The fraction of sp³-hybridized carbons (Fsp3) is 0.0667. The lowest BCUT2D eigenvalue weighted by Crippen LogP contribution is -2.21. The summed E-state index contributed by atoms with van der Waals surface area (Å²) in [7, 11) is 0. The predicted molar refractivity (Wildman–Crippen MR) is 81.9 cm³/mol. The topological polar surface area (TPSA) is 17.1 Å². The smallest absolute Gasteiger partial charge is 0.195 e. The van der Waals surface area contributed by atoms with Gasteiger partial charge in [-0.05, 0) is 18.6 Å². The Morgan fingerprint density at radius 1 is 1.05 bits per heavy atom. The zero-order valence-corrected chi connectivity index (χ0v) is 12.3. The molecule has 0 bridgehead atoms. The highest BCUT2D eigenvalue weighted by molar-refractivity contribution is 7.81. The van der Waals surface area contributed by atoms with E-state index in [1.165, 1.54) is 0 Å². The number of benzene rings is 2. The predicted octanol–water partition coefficient (Wildman–Crippen LogP) is 4.61. The van der Waals surface area contributed by atoms with Crippen LogP contribution in [0.5, 0.6) is 0 Å². The van der Waals surface area contributed by atoms with Crippen molar-refractivity contribution >= 4 is 46.1 Å². The standard InChI is InChI=1S/C15H8Cl2OS/c1-7-6-10(16)11-12(13(7)17)14(18)8-4-2-3-5-9(8)15(11)19/h2-6H,1H3. The Balaban J connectivity index is 2.43. The molecule has 0 saturated heterocycles. The number of hydrogen-bond acceptors (Lipinski definition) is 2. The molecule has 0 radical (unpaired) electrons. The molecule has 0 fully saturated rings. The lowest BCUT2D eigenvalue weighted by Gasteiger charge is -2.22. The number of thiocarbonyl (C=S) groups is 1. The molecular formula is C15H8Cl2OS. The summed E-state index contributed by atoms with van der Waals surface area (Å²) < 4.78 is 0. The molecule has 0 amide bonds. The van der Waals surface area contributed by atoms with Gasteiger partial charge in [-0.1, -0.05) is 59.7 Å². The number of ketones is 1. The molecule has 0 aromatic heterocycles. The number of aryl methyl sites for hydroxylation is 1. The van der Waals surface area contributed by atoms with E-state index in [9.17, 15) is 4.79 Å². The summed E-state index contributed by atoms with van der Waals surface area (Å²) >= 11 is 18.0. The molecule has 0 N–H and O–H groups in total. The maximum Gasteiger partial charge on any atom is 0.195 e. The second-order valence-electron chi connectivity index (χ2n) is 4.44. The van der Waals surface area contributed by atoms with Gasteiger partial charge >= 0.3 is 0 Å². The van der Waals surface area contributed by atoms with Crippen LogP contribution >= 0.6 is 35.4 Å². The summed E-state index contributed by atoms with van der Waals surface area (Å²) in [4.78, 5) is 13.2. The third-order valence-electron chi connectivity index (χ3n) is 3.27. The molecular weight excluding hydrogens is 299 g/mol. The monoisotopic (exact) mass is 306 g/mol. The number of halogens is 2. The fourth-order valence-corrected chi connectivity index (χ4v) is 3.37. The summed E-state index contributed by atoms with van der Waals surface area (Å²) in [6.45, 7) is 1.82. The molecule has 4 heteroatoms. The molecule has 1 nitrogen and oxygen atoms in total. The van der Waals surface area contributed by atoms with Crippen molar-refractivity contribution in [1.82, 2.24) is 0 Å². The van der Waals surface area contributed by atoms with Crippen LogP contribution in [0, 0.1) is 6.92 Å². The SMILES string of the molecule is Cc1cc(Cl)c2c(c1Cl)C(=O)c1ccccc1C2=S. The van der Waals surface area contributed by atoms with Gasteiger partial charge in [-0.2, -0.15) is 0 Å². The molecule has 19 heavy (non-hydrogen) atoms. The minimum Gasteiger partial charge on any atom is -0.289 e. The van der Waals surface area contributed by atoms with Gasteiger partial charge in [0, 0.05) is 16.7 Å². The number of rotatable bonds is 0. The minimum absolute atomic E-state index is 0.116. The summed E-state index contributed by atoms with van der Waals surface area (Å²) in [5.74, 6) is -0.116. The molecule has 0 aliphatic heterocycles. The second kappa shape index (κ2) is 4.41. The first-order chi connectivity index (χ1) is 9.02. The summed E-state index contributed by atoms with van der Waals surface area (Å²) in [5, 5.41) is 0.908. The van der Waals surface area contributed by atoms with E-state index in [4.69, 9.17) is 35.4 Å². The van der Waals surface area contributed by atoms with Crippen LogP contribution in [0.2, 0.25) is 10.0 Å². The van der Waals surface area contributed by atoms with Gasteiger partial charge in [-0.25, -0.2) is 0 Å². The van der Waals surface area contributed by atoms with Crippen LogP contribution < -0.4 is 0 Å². The first kappa shape index (κ1) is 12.8. The summed E-state index contributed by atoms with van der Waals surface area (Å²) in [6, 6.07) is 9.01. The van der Waals surface area contributed by atoms with Crippen LogP contribution in [0.4, 0.5) is 0 Å². The molecule has 1 aliphatic carbocycles. The average Bonchev–Trinajstić information content (AvgIpc) is 2.40. The number of carbonyl (C=O) groups is 1. The Morgan fingerprint density at radius 2 is 1.68 bits per heavy atom. The van der Waals surface area contributed by atoms with E-state index < -0.39 is 0 Å². The van der Waals surface area contributed by atoms with Crippen LogP contribution in [-0.2, 0) is 0 Å². The molecule has 0 atom stereocenters. The van der Waals surface area contributed by atoms with Gasteiger partial charge in [0.25, 0.3) is 0 Å². The fourth-order valence-electron chi connectivity index (χ4n) is 2.34. The molecule has 2 aromatic carbocycles. The van der Waals surface area contributed by atoms with Gasteiger partial charge < -0.3 is 0 Å². The number of carbonyl (C=O) groups excluding carboxylic acids is 1. The molecule has 0 heterocycles. The highest BCUT2D eigenvalue weighted by Crippen LogP contribution is 2.38. The van der Waals surface area contributed by atoms with E-state index in [1.54, 1.807) is 12.1 Å². The molecule has 3 rings (SSSR count).